The number of nitrogens with zero attached hydrogens (tertiary/aromatic N) is 1. The van der Waals surface area contributed by atoms with Gasteiger partial charge in [0.2, 0.25) is 5.91 Å². The minimum absolute atomic E-state index is 0.0212. The van der Waals surface area contributed by atoms with Crippen LogP contribution in [-0.2, 0) is 16.0 Å². The Labute approximate surface area is 125 Å². The summed E-state index contributed by atoms with van der Waals surface area (Å²) in [5, 5.41) is 19.3. The van der Waals surface area contributed by atoms with Crippen LogP contribution in [0, 0.1) is 0 Å². The summed E-state index contributed by atoms with van der Waals surface area (Å²) in [7, 11) is 0. The van der Waals surface area contributed by atoms with Crippen LogP contribution in [0.15, 0.2) is 18.2 Å². The Bertz CT molecular complexity index is 549. The Morgan fingerprint density at radius 1 is 1.30 bits per heavy atom. The summed E-state index contributed by atoms with van der Waals surface area (Å²) in [5.41, 5.74) is 0.648. The van der Waals surface area contributed by atoms with Gasteiger partial charge < -0.3 is 15.1 Å². The second kappa shape index (κ2) is 5.99. The van der Waals surface area contributed by atoms with Crippen LogP contribution in [0.1, 0.15) is 12.0 Å². The molecule has 1 amide bonds. The molecule has 0 saturated carbocycles. The van der Waals surface area contributed by atoms with Crippen LogP contribution in [0.25, 0.3) is 0 Å². The lowest BCUT2D eigenvalue weighted by atomic mass is 10.1. The molecular weight excluding hydrogens is 305 g/mol. The second-order valence-corrected chi connectivity index (χ2v) is 5.53. The number of carboxylic acid groups (broad SMARTS) is 1. The van der Waals surface area contributed by atoms with Gasteiger partial charge in [-0.25, -0.2) is 4.79 Å². The molecule has 2 rings (SSSR count). The Morgan fingerprint density at radius 2 is 2.00 bits per heavy atom. The number of aliphatic hydroxyl groups is 1. The van der Waals surface area contributed by atoms with Gasteiger partial charge in [-0.2, -0.15) is 0 Å². The van der Waals surface area contributed by atoms with Gasteiger partial charge in [-0.1, -0.05) is 29.3 Å². The third-order valence-electron chi connectivity index (χ3n) is 3.22. The van der Waals surface area contributed by atoms with E-state index in [9.17, 15) is 14.7 Å². The first kappa shape index (κ1) is 15.1. The normalized spacial score (nSPS) is 22.1. The Kier molecular flexibility index (Phi) is 4.52. The lowest BCUT2D eigenvalue weighted by Gasteiger charge is -2.21. The van der Waals surface area contributed by atoms with Crippen molar-refractivity contribution in [2.75, 3.05) is 6.54 Å². The molecule has 0 radical (unpaired) electrons. The number of carbonyl (C=O) groups excluding carboxylic acids is 1. The van der Waals surface area contributed by atoms with Crippen molar-refractivity contribution in [1.82, 2.24) is 4.90 Å². The van der Waals surface area contributed by atoms with E-state index in [1.165, 1.54) is 4.90 Å². The second-order valence-electron chi connectivity index (χ2n) is 4.71. The Balaban J connectivity index is 2.11. The molecule has 2 atom stereocenters. The number of halogens is 2. The highest BCUT2D eigenvalue weighted by molar-refractivity contribution is 6.42. The first-order valence-corrected chi connectivity index (χ1v) is 6.78. The summed E-state index contributed by atoms with van der Waals surface area (Å²) in [6.45, 7) is 0.0388. The maximum absolute atomic E-state index is 12.1. The van der Waals surface area contributed by atoms with Crippen LogP contribution >= 0.6 is 23.2 Å². The number of carbonyl (C=O) groups is 2. The number of β-amino-alcohol motifs (C(OH)–C–C–N with tert-alkyl or cyclic N) is 1. The molecule has 2 N–H and O–H groups in total. The largest absolute Gasteiger partial charge is 0.480 e. The average Bonchev–Trinajstić information content (AvgIpc) is 2.76. The molecule has 20 heavy (non-hydrogen) atoms. The van der Waals surface area contributed by atoms with Crippen LogP contribution in [0.3, 0.4) is 0 Å². The van der Waals surface area contributed by atoms with E-state index < -0.39 is 18.1 Å². The first-order chi connectivity index (χ1) is 9.38. The van der Waals surface area contributed by atoms with E-state index in [-0.39, 0.29) is 25.3 Å². The number of amides is 1. The minimum atomic E-state index is -1.11. The zero-order valence-corrected chi connectivity index (χ0v) is 11.9. The van der Waals surface area contributed by atoms with Crippen molar-refractivity contribution in [3.05, 3.63) is 33.8 Å². The van der Waals surface area contributed by atoms with Crippen LogP contribution in [-0.4, -0.2) is 45.7 Å². The summed E-state index contributed by atoms with van der Waals surface area (Å²) < 4.78 is 0. The standard InChI is InChI=1S/C13H13Cl2NO4/c14-9-2-1-7(3-10(9)15)4-12(18)16-6-8(17)5-11(16)13(19)20/h1-3,8,11,17H,4-6H2,(H,19,20). The van der Waals surface area contributed by atoms with E-state index in [1.807, 2.05) is 0 Å². The number of carboxylic acids is 1. The maximum Gasteiger partial charge on any atom is 0.326 e. The van der Waals surface area contributed by atoms with Crippen molar-refractivity contribution in [3.63, 3.8) is 0 Å². The molecule has 1 heterocycles. The zero-order chi connectivity index (χ0) is 14.9. The van der Waals surface area contributed by atoms with E-state index >= 15 is 0 Å². The SMILES string of the molecule is O=C(O)C1CC(O)CN1C(=O)Cc1ccc(Cl)c(Cl)c1. The van der Waals surface area contributed by atoms with E-state index in [0.29, 0.717) is 15.6 Å². The summed E-state index contributed by atoms with van der Waals surface area (Å²) in [5.74, 6) is -1.46. The predicted molar refractivity (Wildman–Crippen MR) is 73.9 cm³/mol. The van der Waals surface area contributed by atoms with Crippen molar-refractivity contribution in [3.8, 4) is 0 Å². The molecule has 1 saturated heterocycles. The van der Waals surface area contributed by atoms with E-state index in [0.717, 1.165) is 0 Å². The quantitative estimate of drug-likeness (QED) is 0.887. The number of rotatable bonds is 3. The fraction of sp³-hybridized carbons (Fsp3) is 0.385. The third-order valence-corrected chi connectivity index (χ3v) is 3.96. The molecule has 0 aliphatic carbocycles. The Hall–Kier alpha value is -1.30. The molecule has 5 nitrogen and oxygen atoms in total. The third kappa shape index (κ3) is 3.23. The number of likely N-dealkylation sites (tertiary alicyclic amines) is 1. The highest BCUT2D eigenvalue weighted by Crippen LogP contribution is 2.24. The molecule has 0 aromatic heterocycles. The van der Waals surface area contributed by atoms with E-state index in [2.05, 4.69) is 0 Å². The molecule has 2 unspecified atom stereocenters. The minimum Gasteiger partial charge on any atom is -0.480 e. The Morgan fingerprint density at radius 3 is 2.60 bits per heavy atom. The van der Waals surface area contributed by atoms with Gasteiger partial charge in [-0.3, -0.25) is 4.79 Å². The molecule has 1 aliphatic heterocycles. The summed E-state index contributed by atoms with van der Waals surface area (Å²) >= 11 is 11.7. The molecule has 7 heteroatoms. The molecule has 1 aromatic rings. The van der Waals surface area contributed by atoms with Crippen LogP contribution in [0.2, 0.25) is 10.0 Å². The molecular formula is C13H13Cl2NO4. The number of hydrogen-bond acceptors (Lipinski definition) is 3. The van der Waals surface area contributed by atoms with Gasteiger partial charge in [0.05, 0.1) is 22.6 Å². The predicted octanol–water partition coefficient (Wildman–Crippen LogP) is 1.58. The lowest BCUT2D eigenvalue weighted by Crippen LogP contribution is -2.41. The molecule has 0 bridgehead atoms. The van der Waals surface area contributed by atoms with Crippen LogP contribution in [0.5, 0.6) is 0 Å². The fourth-order valence-electron chi connectivity index (χ4n) is 2.25. The monoisotopic (exact) mass is 317 g/mol. The van der Waals surface area contributed by atoms with E-state index in [4.69, 9.17) is 28.3 Å². The molecule has 0 spiro atoms. The average molecular weight is 318 g/mol. The number of aliphatic carboxylic acids is 1. The lowest BCUT2D eigenvalue weighted by molar-refractivity contribution is -0.148. The van der Waals surface area contributed by atoms with Gasteiger partial charge in [0.1, 0.15) is 6.04 Å². The molecule has 1 fully saturated rings. The molecule has 1 aromatic carbocycles. The zero-order valence-electron chi connectivity index (χ0n) is 10.4. The highest BCUT2D eigenvalue weighted by atomic mass is 35.5. The van der Waals surface area contributed by atoms with Gasteiger partial charge in [-0.15, -0.1) is 0 Å². The maximum atomic E-state index is 12.1. The number of benzene rings is 1. The topological polar surface area (TPSA) is 77.8 Å². The van der Waals surface area contributed by atoms with E-state index in [1.54, 1.807) is 18.2 Å². The summed E-state index contributed by atoms with van der Waals surface area (Å²) in [6.07, 6.45) is -0.718. The summed E-state index contributed by atoms with van der Waals surface area (Å²) in [6, 6.07) is 3.85. The number of aliphatic hydroxyl groups excluding tert-OH is 1. The van der Waals surface area contributed by atoms with Crippen molar-refractivity contribution < 1.29 is 19.8 Å². The highest BCUT2D eigenvalue weighted by Gasteiger charge is 2.38. The van der Waals surface area contributed by atoms with Gasteiger partial charge in [0.25, 0.3) is 0 Å². The van der Waals surface area contributed by atoms with Crippen LogP contribution < -0.4 is 0 Å². The smallest absolute Gasteiger partial charge is 0.326 e. The molecule has 108 valence electrons. The fourth-order valence-corrected chi connectivity index (χ4v) is 2.57. The van der Waals surface area contributed by atoms with Gasteiger partial charge in [-0.05, 0) is 17.7 Å². The van der Waals surface area contributed by atoms with Crippen molar-refractivity contribution in [2.45, 2.75) is 25.0 Å². The van der Waals surface area contributed by atoms with Gasteiger partial charge in [0, 0.05) is 13.0 Å². The van der Waals surface area contributed by atoms with Crippen molar-refractivity contribution in [2.24, 2.45) is 0 Å². The van der Waals surface area contributed by atoms with Crippen LogP contribution in [0.4, 0.5) is 0 Å². The number of hydrogen-bond donors (Lipinski definition) is 2. The van der Waals surface area contributed by atoms with Gasteiger partial charge >= 0.3 is 5.97 Å². The van der Waals surface area contributed by atoms with Gasteiger partial charge in [0.15, 0.2) is 0 Å². The van der Waals surface area contributed by atoms with Crippen molar-refractivity contribution >= 4 is 35.1 Å². The van der Waals surface area contributed by atoms with Crippen molar-refractivity contribution in [1.29, 1.82) is 0 Å². The molecule has 1 aliphatic rings. The summed E-state index contributed by atoms with van der Waals surface area (Å²) in [4.78, 5) is 24.4. The first-order valence-electron chi connectivity index (χ1n) is 6.02.